The number of hydrogen-bond donors (Lipinski definition) is 2. The standard InChI is InChI=1S/C15H22N2O/c1-11-4-3-5-13(8-11)6-7-17-15(18)14-10-16-9-12(14)2/h3-5,8,12,14,16H,6-7,9-10H2,1-2H3,(H,17,18). The Morgan fingerprint density at radius 3 is 2.94 bits per heavy atom. The predicted molar refractivity (Wildman–Crippen MR) is 73.4 cm³/mol. The molecular formula is C15H22N2O. The monoisotopic (exact) mass is 246 g/mol. The first-order valence-electron chi connectivity index (χ1n) is 6.71. The molecule has 98 valence electrons. The van der Waals surface area contributed by atoms with E-state index in [0.29, 0.717) is 5.92 Å². The Kier molecular flexibility index (Phi) is 4.37. The van der Waals surface area contributed by atoms with Crippen LogP contribution in [-0.2, 0) is 11.2 Å². The molecule has 1 fully saturated rings. The van der Waals surface area contributed by atoms with Gasteiger partial charge in [0.15, 0.2) is 0 Å². The van der Waals surface area contributed by atoms with Crippen molar-refractivity contribution in [2.75, 3.05) is 19.6 Å². The smallest absolute Gasteiger partial charge is 0.224 e. The lowest BCUT2D eigenvalue weighted by Gasteiger charge is -2.14. The van der Waals surface area contributed by atoms with Crippen molar-refractivity contribution in [3.05, 3.63) is 35.4 Å². The van der Waals surface area contributed by atoms with Crippen LogP contribution in [-0.4, -0.2) is 25.5 Å². The van der Waals surface area contributed by atoms with Gasteiger partial charge in [0.1, 0.15) is 0 Å². The summed E-state index contributed by atoms with van der Waals surface area (Å²) >= 11 is 0. The van der Waals surface area contributed by atoms with Crippen LogP contribution < -0.4 is 10.6 Å². The van der Waals surface area contributed by atoms with E-state index in [1.165, 1.54) is 11.1 Å². The lowest BCUT2D eigenvalue weighted by molar-refractivity contribution is -0.125. The summed E-state index contributed by atoms with van der Waals surface area (Å²) in [6.45, 7) is 6.72. The van der Waals surface area contributed by atoms with Crippen molar-refractivity contribution in [2.45, 2.75) is 20.3 Å². The quantitative estimate of drug-likeness (QED) is 0.845. The number of rotatable bonds is 4. The molecule has 1 aromatic rings. The molecule has 18 heavy (non-hydrogen) atoms. The normalized spacial score (nSPS) is 23.0. The minimum atomic E-state index is 0.141. The molecule has 1 heterocycles. The van der Waals surface area contributed by atoms with Gasteiger partial charge in [-0.3, -0.25) is 4.79 Å². The van der Waals surface area contributed by atoms with Gasteiger partial charge in [-0.25, -0.2) is 0 Å². The van der Waals surface area contributed by atoms with E-state index in [1.54, 1.807) is 0 Å². The molecule has 0 radical (unpaired) electrons. The predicted octanol–water partition coefficient (Wildman–Crippen LogP) is 1.51. The first kappa shape index (κ1) is 13.1. The van der Waals surface area contributed by atoms with Gasteiger partial charge >= 0.3 is 0 Å². The van der Waals surface area contributed by atoms with E-state index in [1.807, 2.05) is 0 Å². The number of carbonyl (C=O) groups is 1. The average Bonchev–Trinajstić information content (AvgIpc) is 2.75. The molecule has 2 atom stereocenters. The third kappa shape index (κ3) is 3.33. The van der Waals surface area contributed by atoms with Crippen LogP contribution in [0.5, 0.6) is 0 Å². The van der Waals surface area contributed by atoms with Crippen LogP contribution in [0.15, 0.2) is 24.3 Å². The average molecular weight is 246 g/mol. The molecular weight excluding hydrogens is 224 g/mol. The van der Waals surface area contributed by atoms with Crippen molar-refractivity contribution in [3.63, 3.8) is 0 Å². The van der Waals surface area contributed by atoms with Crippen molar-refractivity contribution in [1.29, 1.82) is 0 Å². The number of nitrogens with one attached hydrogen (secondary N) is 2. The third-order valence-corrected chi connectivity index (χ3v) is 3.65. The number of aryl methyl sites for hydroxylation is 1. The molecule has 2 N–H and O–H groups in total. The van der Waals surface area contributed by atoms with Gasteiger partial charge < -0.3 is 10.6 Å². The first-order chi connectivity index (χ1) is 8.66. The molecule has 0 aliphatic carbocycles. The second kappa shape index (κ2) is 6.01. The van der Waals surface area contributed by atoms with Crippen molar-refractivity contribution in [1.82, 2.24) is 10.6 Å². The fraction of sp³-hybridized carbons (Fsp3) is 0.533. The molecule has 3 nitrogen and oxygen atoms in total. The van der Waals surface area contributed by atoms with Crippen LogP contribution in [0, 0.1) is 18.8 Å². The zero-order chi connectivity index (χ0) is 13.0. The molecule has 0 bridgehead atoms. The summed E-state index contributed by atoms with van der Waals surface area (Å²) in [7, 11) is 0. The van der Waals surface area contributed by atoms with E-state index in [9.17, 15) is 4.79 Å². The Hall–Kier alpha value is -1.35. The minimum Gasteiger partial charge on any atom is -0.355 e. The van der Waals surface area contributed by atoms with Crippen LogP contribution in [0.3, 0.4) is 0 Å². The van der Waals surface area contributed by atoms with Gasteiger partial charge in [0.2, 0.25) is 5.91 Å². The summed E-state index contributed by atoms with van der Waals surface area (Å²) in [4.78, 5) is 12.0. The summed E-state index contributed by atoms with van der Waals surface area (Å²) in [5.41, 5.74) is 2.56. The summed E-state index contributed by atoms with van der Waals surface area (Å²) in [5, 5.41) is 6.30. The maximum Gasteiger partial charge on any atom is 0.224 e. The summed E-state index contributed by atoms with van der Waals surface area (Å²) in [5.74, 6) is 0.784. The summed E-state index contributed by atoms with van der Waals surface area (Å²) in [6, 6.07) is 8.44. The molecule has 0 spiro atoms. The third-order valence-electron chi connectivity index (χ3n) is 3.65. The molecule has 1 aliphatic rings. The van der Waals surface area contributed by atoms with Crippen molar-refractivity contribution >= 4 is 5.91 Å². The van der Waals surface area contributed by atoms with Crippen LogP contribution in [0.4, 0.5) is 0 Å². The molecule has 2 rings (SSSR count). The van der Waals surface area contributed by atoms with Crippen LogP contribution in [0.25, 0.3) is 0 Å². The first-order valence-corrected chi connectivity index (χ1v) is 6.71. The lowest BCUT2D eigenvalue weighted by Crippen LogP contribution is -2.35. The van der Waals surface area contributed by atoms with E-state index in [2.05, 4.69) is 48.7 Å². The summed E-state index contributed by atoms with van der Waals surface area (Å²) < 4.78 is 0. The Morgan fingerprint density at radius 2 is 2.28 bits per heavy atom. The number of benzene rings is 1. The second-order valence-corrected chi connectivity index (χ2v) is 5.27. The SMILES string of the molecule is Cc1cccc(CCNC(=O)C2CNCC2C)c1. The van der Waals surface area contributed by atoms with Gasteiger partial charge in [0, 0.05) is 13.1 Å². The van der Waals surface area contributed by atoms with Gasteiger partial charge in [-0.05, 0) is 31.4 Å². The van der Waals surface area contributed by atoms with E-state index < -0.39 is 0 Å². The molecule has 1 aliphatic heterocycles. The Morgan fingerprint density at radius 1 is 1.44 bits per heavy atom. The van der Waals surface area contributed by atoms with E-state index in [0.717, 1.165) is 26.1 Å². The van der Waals surface area contributed by atoms with Crippen LogP contribution >= 0.6 is 0 Å². The van der Waals surface area contributed by atoms with Gasteiger partial charge in [-0.15, -0.1) is 0 Å². The highest BCUT2D eigenvalue weighted by Crippen LogP contribution is 2.15. The molecule has 1 aromatic carbocycles. The highest BCUT2D eigenvalue weighted by atomic mass is 16.1. The number of amides is 1. The molecule has 0 saturated carbocycles. The molecule has 1 saturated heterocycles. The van der Waals surface area contributed by atoms with Crippen molar-refractivity contribution in [2.24, 2.45) is 11.8 Å². The van der Waals surface area contributed by atoms with Crippen LogP contribution in [0.2, 0.25) is 0 Å². The number of hydrogen-bond acceptors (Lipinski definition) is 2. The van der Waals surface area contributed by atoms with Gasteiger partial charge in [0.25, 0.3) is 0 Å². The molecule has 3 heteroatoms. The highest BCUT2D eigenvalue weighted by Gasteiger charge is 2.28. The fourth-order valence-electron chi connectivity index (χ4n) is 2.49. The van der Waals surface area contributed by atoms with Crippen LogP contribution in [0.1, 0.15) is 18.1 Å². The van der Waals surface area contributed by atoms with Gasteiger partial charge in [0.05, 0.1) is 5.92 Å². The lowest BCUT2D eigenvalue weighted by atomic mass is 9.97. The van der Waals surface area contributed by atoms with Crippen molar-refractivity contribution in [3.8, 4) is 0 Å². The molecule has 2 unspecified atom stereocenters. The fourth-order valence-corrected chi connectivity index (χ4v) is 2.49. The van der Waals surface area contributed by atoms with E-state index in [-0.39, 0.29) is 11.8 Å². The van der Waals surface area contributed by atoms with Gasteiger partial charge in [-0.2, -0.15) is 0 Å². The maximum atomic E-state index is 12.0. The molecule has 1 amide bonds. The second-order valence-electron chi connectivity index (χ2n) is 5.27. The summed E-state index contributed by atoms with van der Waals surface area (Å²) in [6.07, 6.45) is 0.905. The topological polar surface area (TPSA) is 41.1 Å². The van der Waals surface area contributed by atoms with Crippen molar-refractivity contribution < 1.29 is 4.79 Å². The van der Waals surface area contributed by atoms with E-state index in [4.69, 9.17) is 0 Å². The minimum absolute atomic E-state index is 0.141. The zero-order valence-electron chi connectivity index (χ0n) is 11.2. The zero-order valence-corrected chi connectivity index (χ0v) is 11.2. The Balaban J connectivity index is 1.77. The molecule has 0 aromatic heterocycles. The number of carbonyl (C=O) groups excluding carboxylic acids is 1. The van der Waals surface area contributed by atoms with E-state index >= 15 is 0 Å². The largest absolute Gasteiger partial charge is 0.355 e. The van der Waals surface area contributed by atoms with Gasteiger partial charge in [-0.1, -0.05) is 36.8 Å². The Labute approximate surface area is 109 Å². The Bertz CT molecular complexity index is 417. The maximum absolute atomic E-state index is 12.0. The highest BCUT2D eigenvalue weighted by molar-refractivity contribution is 5.79.